The summed E-state index contributed by atoms with van der Waals surface area (Å²) < 4.78 is 1.85. The molecule has 0 radical (unpaired) electrons. The highest BCUT2D eigenvalue weighted by Crippen LogP contribution is 2.15. The molecule has 0 aliphatic rings. The minimum Gasteiger partial charge on any atom is -0.389 e. The van der Waals surface area contributed by atoms with Crippen LogP contribution in [0, 0.1) is 0 Å². The Labute approximate surface area is 129 Å². The molecule has 1 aromatic carbocycles. The van der Waals surface area contributed by atoms with Gasteiger partial charge in [-0.3, -0.25) is 4.79 Å². The molecule has 0 aliphatic heterocycles. The molecule has 0 bridgehead atoms. The molecule has 0 atom stereocenters. The maximum Gasteiger partial charge on any atom is 0.244 e. The molecular weight excluding hydrogens is 284 g/mol. The lowest BCUT2D eigenvalue weighted by molar-refractivity contribution is -0.116. The van der Waals surface area contributed by atoms with Crippen molar-refractivity contribution in [1.82, 2.24) is 9.55 Å². The maximum atomic E-state index is 12.2. The number of hydrogen-bond donors (Lipinski definition) is 2. The molecule has 0 unspecified atom stereocenters. The van der Waals surface area contributed by atoms with Crippen molar-refractivity contribution in [3.8, 4) is 0 Å². The number of carbonyl (C=O) groups is 1. The average molecular weight is 302 g/mol. The van der Waals surface area contributed by atoms with Crippen molar-refractivity contribution >= 4 is 28.8 Å². The average Bonchev–Trinajstić information content (AvgIpc) is 2.86. The lowest BCUT2D eigenvalue weighted by Gasteiger charge is -2.11. The van der Waals surface area contributed by atoms with Crippen LogP contribution in [0.2, 0.25) is 0 Å². The largest absolute Gasteiger partial charge is 0.389 e. The van der Waals surface area contributed by atoms with E-state index in [1.54, 1.807) is 18.3 Å². The third-order valence-corrected chi connectivity index (χ3v) is 3.28. The highest BCUT2D eigenvalue weighted by atomic mass is 32.1. The first-order chi connectivity index (χ1) is 10.1. The Morgan fingerprint density at radius 2 is 2.19 bits per heavy atom. The Morgan fingerprint density at radius 3 is 2.90 bits per heavy atom. The van der Waals surface area contributed by atoms with Gasteiger partial charge in [-0.05, 0) is 18.6 Å². The number of anilines is 1. The molecular formula is C15H18N4OS. The molecule has 110 valence electrons. The van der Waals surface area contributed by atoms with Crippen LogP contribution in [-0.4, -0.2) is 20.4 Å². The van der Waals surface area contributed by atoms with E-state index in [0.717, 1.165) is 18.7 Å². The number of para-hydroxylation sites is 1. The van der Waals surface area contributed by atoms with Gasteiger partial charge in [0, 0.05) is 24.4 Å². The Hall–Kier alpha value is -2.21. The lowest BCUT2D eigenvalue weighted by Crippen LogP contribution is -2.22. The fourth-order valence-electron chi connectivity index (χ4n) is 2.09. The van der Waals surface area contributed by atoms with E-state index in [9.17, 15) is 4.79 Å². The Kier molecular flexibility index (Phi) is 5.05. The first kappa shape index (κ1) is 15.2. The molecule has 3 N–H and O–H groups in total. The van der Waals surface area contributed by atoms with Crippen LogP contribution in [0.4, 0.5) is 5.69 Å². The Bertz CT molecular complexity index is 651. The van der Waals surface area contributed by atoms with Gasteiger partial charge in [0.15, 0.2) is 0 Å². The van der Waals surface area contributed by atoms with Crippen LogP contribution in [-0.2, 0) is 17.8 Å². The van der Waals surface area contributed by atoms with Crippen molar-refractivity contribution in [2.45, 2.75) is 26.3 Å². The van der Waals surface area contributed by atoms with E-state index >= 15 is 0 Å². The molecule has 5 nitrogen and oxygen atoms in total. The van der Waals surface area contributed by atoms with E-state index in [1.807, 2.05) is 22.9 Å². The van der Waals surface area contributed by atoms with E-state index < -0.39 is 0 Å². The number of thiocarbonyl (C=S) groups is 1. The zero-order chi connectivity index (χ0) is 15.2. The minimum atomic E-state index is -0.131. The Balaban J connectivity index is 2.08. The van der Waals surface area contributed by atoms with Gasteiger partial charge in [-0.2, -0.15) is 0 Å². The SMILES string of the molecule is CCCc1nccn1CC(=O)Nc1ccccc1C(N)=S. The quantitative estimate of drug-likeness (QED) is 0.802. The summed E-state index contributed by atoms with van der Waals surface area (Å²) in [6.07, 6.45) is 5.36. The first-order valence-corrected chi connectivity index (χ1v) is 7.21. The summed E-state index contributed by atoms with van der Waals surface area (Å²) in [5.74, 6) is 0.782. The molecule has 0 fully saturated rings. The minimum absolute atomic E-state index is 0.131. The number of nitrogens with one attached hydrogen (secondary N) is 1. The summed E-state index contributed by atoms with van der Waals surface area (Å²) in [6.45, 7) is 2.30. The van der Waals surface area contributed by atoms with E-state index in [-0.39, 0.29) is 17.4 Å². The molecule has 1 heterocycles. The molecule has 2 aromatic rings. The monoisotopic (exact) mass is 302 g/mol. The number of nitrogens with zero attached hydrogens (tertiary/aromatic N) is 2. The summed E-state index contributed by atoms with van der Waals surface area (Å²) in [7, 11) is 0. The molecule has 0 spiro atoms. The number of rotatable bonds is 6. The van der Waals surface area contributed by atoms with E-state index in [2.05, 4.69) is 17.2 Å². The number of aromatic nitrogens is 2. The van der Waals surface area contributed by atoms with Crippen molar-refractivity contribution in [2.24, 2.45) is 5.73 Å². The van der Waals surface area contributed by atoms with Gasteiger partial charge in [0.2, 0.25) is 5.91 Å². The molecule has 0 saturated heterocycles. The second-order valence-corrected chi connectivity index (χ2v) is 5.12. The number of carbonyl (C=O) groups excluding carboxylic acids is 1. The molecule has 0 saturated carbocycles. The normalized spacial score (nSPS) is 10.3. The molecule has 1 aromatic heterocycles. The van der Waals surface area contributed by atoms with Gasteiger partial charge in [-0.15, -0.1) is 0 Å². The predicted octanol–water partition coefficient (Wildman–Crippen LogP) is 2.11. The van der Waals surface area contributed by atoms with Crippen LogP contribution in [0.15, 0.2) is 36.7 Å². The van der Waals surface area contributed by atoms with Crippen molar-refractivity contribution in [3.63, 3.8) is 0 Å². The summed E-state index contributed by atoms with van der Waals surface area (Å²) in [4.78, 5) is 16.7. The summed E-state index contributed by atoms with van der Waals surface area (Å²) >= 11 is 4.98. The van der Waals surface area contributed by atoms with Crippen LogP contribution in [0.1, 0.15) is 24.7 Å². The van der Waals surface area contributed by atoms with Crippen LogP contribution >= 0.6 is 12.2 Å². The third-order valence-electron chi connectivity index (χ3n) is 3.06. The first-order valence-electron chi connectivity index (χ1n) is 6.80. The summed E-state index contributed by atoms with van der Waals surface area (Å²) in [6, 6.07) is 7.24. The number of benzene rings is 1. The highest BCUT2D eigenvalue weighted by Gasteiger charge is 2.10. The van der Waals surface area contributed by atoms with Gasteiger partial charge in [0.25, 0.3) is 0 Å². The molecule has 2 rings (SSSR count). The van der Waals surface area contributed by atoms with Gasteiger partial charge in [-0.25, -0.2) is 4.98 Å². The van der Waals surface area contributed by atoms with Crippen molar-refractivity contribution in [3.05, 3.63) is 48.0 Å². The van der Waals surface area contributed by atoms with Gasteiger partial charge in [-0.1, -0.05) is 31.3 Å². The summed E-state index contributed by atoms with van der Waals surface area (Å²) in [5, 5.41) is 2.84. The number of hydrogen-bond acceptors (Lipinski definition) is 3. The van der Waals surface area contributed by atoms with E-state index in [4.69, 9.17) is 18.0 Å². The fourth-order valence-corrected chi connectivity index (χ4v) is 2.27. The Morgan fingerprint density at radius 1 is 1.43 bits per heavy atom. The van der Waals surface area contributed by atoms with E-state index in [0.29, 0.717) is 11.3 Å². The van der Waals surface area contributed by atoms with Crippen LogP contribution in [0.3, 0.4) is 0 Å². The molecule has 0 aliphatic carbocycles. The standard InChI is InChI=1S/C15H18N4OS/c1-2-5-13-17-8-9-19(13)10-14(20)18-12-7-4-3-6-11(12)15(16)21/h3-4,6-9H,2,5,10H2,1H3,(H2,16,21)(H,18,20). The van der Waals surface area contributed by atoms with Gasteiger partial charge in [0.05, 0.1) is 5.69 Å². The predicted molar refractivity (Wildman–Crippen MR) is 87.2 cm³/mol. The number of aryl methyl sites for hydroxylation is 1. The van der Waals surface area contributed by atoms with Gasteiger partial charge < -0.3 is 15.6 Å². The number of imidazole rings is 1. The van der Waals surface area contributed by atoms with Crippen LogP contribution in [0.25, 0.3) is 0 Å². The topological polar surface area (TPSA) is 72.9 Å². The number of amides is 1. The summed E-state index contributed by atoms with van der Waals surface area (Å²) in [5.41, 5.74) is 6.95. The van der Waals surface area contributed by atoms with E-state index in [1.165, 1.54) is 0 Å². The lowest BCUT2D eigenvalue weighted by atomic mass is 10.2. The molecule has 1 amide bonds. The van der Waals surface area contributed by atoms with Crippen molar-refractivity contribution in [1.29, 1.82) is 0 Å². The molecule has 6 heteroatoms. The zero-order valence-electron chi connectivity index (χ0n) is 11.9. The molecule has 21 heavy (non-hydrogen) atoms. The van der Waals surface area contributed by atoms with Gasteiger partial charge in [0.1, 0.15) is 17.4 Å². The number of nitrogens with two attached hydrogens (primary N) is 1. The second kappa shape index (κ2) is 6.99. The van der Waals surface area contributed by atoms with Crippen molar-refractivity contribution in [2.75, 3.05) is 5.32 Å². The fraction of sp³-hybridized carbons (Fsp3) is 0.267. The van der Waals surface area contributed by atoms with Crippen LogP contribution in [0.5, 0.6) is 0 Å². The van der Waals surface area contributed by atoms with Crippen molar-refractivity contribution < 1.29 is 4.79 Å². The third kappa shape index (κ3) is 3.88. The second-order valence-electron chi connectivity index (χ2n) is 4.68. The highest BCUT2D eigenvalue weighted by molar-refractivity contribution is 7.80. The zero-order valence-corrected chi connectivity index (χ0v) is 12.7. The van der Waals surface area contributed by atoms with Crippen LogP contribution < -0.4 is 11.1 Å². The smallest absolute Gasteiger partial charge is 0.244 e. The van der Waals surface area contributed by atoms with Gasteiger partial charge >= 0.3 is 0 Å². The maximum absolute atomic E-state index is 12.2.